The Morgan fingerprint density at radius 2 is 2.00 bits per heavy atom. The Labute approximate surface area is 193 Å². The monoisotopic (exact) mass is 537 g/mol. The fourth-order valence-corrected chi connectivity index (χ4v) is 3.70. The van der Waals surface area contributed by atoms with Crippen LogP contribution in [-0.2, 0) is 13.0 Å². The molecule has 9 heteroatoms. The van der Waals surface area contributed by atoms with Crippen LogP contribution in [0.25, 0.3) is 0 Å². The summed E-state index contributed by atoms with van der Waals surface area (Å²) in [5.74, 6) is 0.957. The first-order valence-corrected chi connectivity index (χ1v) is 9.92. The summed E-state index contributed by atoms with van der Waals surface area (Å²) < 4.78 is 4.90. The van der Waals surface area contributed by atoms with Crippen molar-refractivity contribution in [3.8, 4) is 0 Å². The van der Waals surface area contributed by atoms with Gasteiger partial charge in [0.2, 0.25) is 0 Å². The topological polar surface area (TPSA) is 56.9 Å². The number of rotatable bonds is 6. The van der Waals surface area contributed by atoms with Gasteiger partial charge in [-0.25, -0.2) is 0 Å². The van der Waals surface area contributed by atoms with Crippen molar-refractivity contribution in [1.82, 2.24) is 20.3 Å². The molecule has 6 nitrogen and oxygen atoms in total. The number of aromatic nitrogens is 1. The maximum absolute atomic E-state index is 6.23. The third-order valence-electron chi connectivity index (χ3n) is 4.68. The molecule has 0 amide bonds. The van der Waals surface area contributed by atoms with Gasteiger partial charge in [-0.2, -0.15) is 0 Å². The minimum absolute atomic E-state index is 0. The van der Waals surface area contributed by atoms with E-state index in [1.165, 1.54) is 0 Å². The Morgan fingerprint density at radius 3 is 2.64 bits per heavy atom. The average molecular weight is 538 g/mol. The van der Waals surface area contributed by atoms with E-state index in [-0.39, 0.29) is 24.0 Å². The van der Waals surface area contributed by atoms with E-state index in [0.29, 0.717) is 5.02 Å². The zero-order valence-electron chi connectivity index (χ0n) is 15.9. The van der Waals surface area contributed by atoms with E-state index >= 15 is 0 Å². The molecule has 2 aromatic rings. The molecule has 0 saturated carbocycles. The largest absolute Gasteiger partial charge is 0.364 e. The molecule has 0 bridgehead atoms. The third kappa shape index (κ3) is 6.79. The first kappa shape index (κ1) is 23.3. The predicted octanol–water partition coefficient (Wildman–Crippen LogP) is 3.93. The highest BCUT2D eigenvalue weighted by atomic mass is 127. The van der Waals surface area contributed by atoms with Gasteiger partial charge in [-0.1, -0.05) is 34.4 Å². The number of aliphatic imine (C=N–C) groups is 1. The maximum atomic E-state index is 6.23. The Bertz CT molecular complexity index is 749. The van der Waals surface area contributed by atoms with E-state index in [9.17, 15) is 0 Å². The van der Waals surface area contributed by atoms with Crippen LogP contribution in [-0.4, -0.2) is 60.7 Å². The maximum Gasteiger partial charge on any atom is 0.193 e. The lowest BCUT2D eigenvalue weighted by molar-refractivity contribution is 0.169. The first-order chi connectivity index (χ1) is 13.2. The van der Waals surface area contributed by atoms with Crippen LogP contribution in [0.15, 0.2) is 40.0 Å². The molecular formula is C19H26Cl2IN5O. The average Bonchev–Trinajstić information content (AvgIpc) is 3.17. The van der Waals surface area contributed by atoms with E-state index in [4.69, 9.17) is 27.7 Å². The lowest BCUT2D eigenvalue weighted by Gasteiger charge is -2.36. The fraction of sp³-hybridized carbons (Fsp3) is 0.474. The third-order valence-corrected chi connectivity index (χ3v) is 5.27. The summed E-state index contributed by atoms with van der Waals surface area (Å²) in [5.41, 5.74) is 2.10. The van der Waals surface area contributed by atoms with Crippen molar-refractivity contribution >= 4 is 53.1 Å². The molecular weight excluding hydrogens is 512 g/mol. The number of halogens is 3. The SMILES string of the molecule is CN=C(NCCCc1ccc(Cl)cc1Cl)N1CCN(Cc2ccon2)CC1.I. The lowest BCUT2D eigenvalue weighted by atomic mass is 10.1. The second-order valence-corrected chi connectivity index (χ2v) is 7.41. The Morgan fingerprint density at radius 1 is 1.21 bits per heavy atom. The van der Waals surface area contributed by atoms with Crippen molar-refractivity contribution < 1.29 is 4.52 Å². The number of benzene rings is 1. The molecule has 1 N–H and O–H groups in total. The second-order valence-electron chi connectivity index (χ2n) is 6.57. The molecule has 1 aliphatic heterocycles. The Kier molecular flexibility index (Phi) is 9.84. The molecule has 1 aromatic heterocycles. The zero-order chi connectivity index (χ0) is 19.1. The van der Waals surface area contributed by atoms with Crippen LogP contribution >= 0.6 is 47.2 Å². The summed E-state index contributed by atoms with van der Waals surface area (Å²) >= 11 is 12.2. The number of aryl methyl sites for hydroxylation is 1. The van der Waals surface area contributed by atoms with Crippen molar-refractivity contribution in [3.63, 3.8) is 0 Å². The molecule has 1 saturated heterocycles. The van der Waals surface area contributed by atoms with E-state index in [0.717, 1.165) is 74.3 Å². The summed E-state index contributed by atoms with van der Waals surface area (Å²) in [7, 11) is 1.83. The minimum atomic E-state index is 0. The highest BCUT2D eigenvalue weighted by Crippen LogP contribution is 2.21. The highest BCUT2D eigenvalue weighted by Gasteiger charge is 2.20. The van der Waals surface area contributed by atoms with Crippen LogP contribution < -0.4 is 5.32 Å². The van der Waals surface area contributed by atoms with Gasteiger partial charge in [-0.15, -0.1) is 24.0 Å². The van der Waals surface area contributed by atoms with Crippen molar-refractivity contribution in [1.29, 1.82) is 0 Å². The van der Waals surface area contributed by atoms with Gasteiger partial charge in [0.05, 0.1) is 5.69 Å². The normalized spacial score (nSPS) is 15.4. The molecule has 3 rings (SSSR count). The molecule has 2 heterocycles. The molecule has 0 radical (unpaired) electrons. The lowest BCUT2D eigenvalue weighted by Crippen LogP contribution is -2.52. The molecule has 28 heavy (non-hydrogen) atoms. The molecule has 0 unspecified atom stereocenters. The van der Waals surface area contributed by atoms with Crippen LogP contribution in [0.2, 0.25) is 10.0 Å². The number of piperazine rings is 1. The zero-order valence-corrected chi connectivity index (χ0v) is 19.7. The number of hydrogen-bond acceptors (Lipinski definition) is 4. The van der Waals surface area contributed by atoms with Crippen LogP contribution in [0.3, 0.4) is 0 Å². The Hall–Kier alpha value is -1.03. The van der Waals surface area contributed by atoms with E-state index in [1.807, 2.05) is 25.2 Å². The number of hydrogen-bond donors (Lipinski definition) is 1. The van der Waals surface area contributed by atoms with Crippen molar-refractivity contribution in [2.75, 3.05) is 39.8 Å². The van der Waals surface area contributed by atoms with Gasteiger partial charge in [0.15, 0.2) is 5.96 Å². The van der Waals surface area contributed by atoms with Crippen LogP contribution in [0, 0.1) is 0 Å². The summed E-state index contributed by atoms with van der Waals surface area (Å²) in [6.45, 7) is 5.53. The number of nitrogens with one attached hydrogen (secondary N) is 1. The standard InChI is InChI=1S/C19H25Cl2N5O.HI/c1-22-19(23-7-2-3-15-4-5-16(20)13-18(15)21)26-10-8-25(9-11-26)14-17-6-12-27-24-17;/h4-6,12-13H,2-3,7-11,14H2,1H3,(H,22,23);1H. The first-order valence-electron chi connectivity index (χ1n) is 9.17. The van der Waals surface area contributed by atoms with Crippen LogP contribution in [0.5, 0.6) is 0 Å². The van der Waals surface area contributed by atoms with Crippen molar-refractivity contribution in [2.45, 2.75) is 19.4 Å². The van der Waals surface area contributed by atoms with Gasteiger partial charge in [-0.05, 0) is 30.5 Å². The van der Waals surface area contributed by atoms with Crippen molar-refractivity contribution in [2.24, 2.45) is 4.99 Å². The smallest absolute Gasteiger partial charge is 0.193 e. The van der Waals surface area contributed by atoms with Gasteiger partial charge in [0.25, 0.3) is 0 Å². The quantitative estimate of drug-likeness (QED) is 0.262. The van der Waals surface area contributed by atoms with E-state index in [1.54, 1.807) is 12.3 Å². The summed E-state index contributed by atoms with van der Waals surface area (Å²) in [5, 5.41) is 8.85. The minimum Gasteiger partial charge on any atom is -0.364 e. The summed E-state index contributed by atoms with van der Waals surface area (Å²) in [6, 6.07) is 7.59. The van der Waals surface area contributed by atoms with Crippen LogP contribution in [0.4, 0.5) is 0 Å². The second kappa shape index (κ2) is 11.8. The fourth-order valence-electron chi connectivity index (χ4n) is 3.20. The number of nitrogens with zero attached hydrogens (tertiary/aromatic N) is 4. The predicted molar refractivity (Wildman–Crippen MR) is 125 cm³/mol. The molecule has 1 aromatic carbocycles. The molecule has 1 aliphatic rings. The Balaban J connectivity index is 0.00000280. The van der Waals surface area contributed by atoms with Gasteiger partial charge < -0.3 is 14.7 Å². The molecule has 1 fully saturated rings. The molecule has 154 valence electrons. The molecule has 0 spiro atoms. The van der Waals surface area contributed by atoms with Gasteiger partial charge >= 0.3 is 0 Å². The molecule has 0 atom stereocenters. The number of guanidine groups is 1. The van der Waals surface area contributed by atoms with E-state index in [2.05, 4.69) is 25.3 Å². The molecule has 0 aliphatic carbocycles. The van der Waals surface area contributed by atoms with E-state index < -0.39 is 0 Å². The van der Waals surface area contributed by atoms with Gasteiger partial charge in [0.1, 0.15) is 6.26 Å². The summed E-state index contributed by atoms with van der Waals surface area (Å²) in [6.07, 6.45) is 3.51. The summed E-state index contributed by atoms with van der Waals surface area (Å²) in [4.78, 5) is 9.11. The van der Waals surface area contributed by atoms with Gasteiger partial charge in [0, 0.05) is 62.4 Å². The highest BCUT2D eigenvalue weighted by molar-refractivity contribution is 14.0. The van der Waals surface area contributed by atoms with Crippen molar-refractivity contribution in [3.05, 3.63) is 51.8 Å². The van der Waals surface area contributed by atoms with Crippen LogP contribution in [0.1, 0.15) is 17.7 Å². The van der Waals surface area contributed by atoms with Gasteiger partial charge in [-0.3, -0.25) is 9.89 Å².